The summed E-state index contributed by atoms with van der Waals surface area (Å²) >= 11 is 0. The normalized spacial score (nSPS) is 11.6. The largest absolute Gasteiger partial charge is 0.456 e. The number of fused-ring (bicyclic) bond motifs is 7. The third kappa shape index (κ3) is 4.65. The van der Waals surface area contributed by atoms with Crippen molar-refractivity contribution in [2.24, 2.45) is 0 Å². The number of nitrogens with zero attached hydrogens (tertiary/aromatic N) is 1. The highest BCUT2D eigenvalue weighted by atomic mass is 16.3. The standard InChI is InChI=1S/C48H31NO/c1-4-14-39-32(11-1)21-22-35-29-38(27-28-42(35)39)49(46-30-34-12-2-5-16-41(34)43-17-7-8-18-44(43)46)37-25-23-33(24-26-37)40-15-6-9-19-45(40)48-31-36-13-3-10-20-47(36)50-48/h1-31H. The molecule has 234 valence electrons. The molecule has 0 saturated carbocycles. The lowest BCUT2D eigenvalue weighted by molar-refractivity contribution is 0.632. The van der Waals surface area contributed by atoms with Gasteiger partial charge in [-0.2, -0.15) is 0 Å². The van der Waals surface area contributed by atoms with E-state index in [4.69, 9.17) is 4.42 Å². The Hall–Kier alpha value is -6.64. The summed E-state index contributed by atoms with van der Waals surface area (Å²) in [4.78, 5) is 2.42. The zero-order valence-electron chi connectivity index (χ0n) is 27.3. The lowest BCUT2D eigenvalue weighted by Gasteiger charge is -2.28. The molecule has 0 amide bonds. The van der Waals surface area contributed by atoms with Crippen molar-refractivity contribution >= 4 is 71.1 Å². The van der Waals surface area contributed by atoms with Gasteiger partial charge in [0.2, 0.25) is 0 Å². The van der Waals surface area contributed by atoms with Crippen LogP contribution in [0.1, 0.15) is 0 Å². The fraction of sp³-hybridized carbons (Fsp3) is 0. The van der Waals surface area contributed by atoms with E-state index in [1.807, 2.05) is 12.1 Å². The van der Waals surface area contributed by atoms with Gasteiger partial charge in [-0.05, 0) is 91.3 Å². The molecule has 50 heavy (non-hydrogen) atoms. The van der Waals surface area contributed by atoms with Gasteiger partial charge in [0.25, 0.3) is 0 Å². The number of hydrogen-bond donors (Lipinski definition) is 0. The minimum absolute atomic E-state index is 0.874. The van der Waals surface area contributed by atoms with Gasteiger partial charge in [-0.15, -0.1) is 0 Å². The molecule has 0 N–H and O–H groups in total. The first-order chi connectivity index (χ1) is 24.8. The lowest BCUT2D eigenvalue weighted by atomic mass is 9.96. The first-order valence-electron chi connectivity index (χ1n) is 17.1. The van der Waals surface area contributed by atoms with Crippen molar-refractivity contribution in [1.29, 1.82) is 0 Å². The van der Waals surface area contributed by atoms with Gasteiger partial charge in [0.1, 0.15) is 11.3 Å². The van der Waals surface area contributed by atoms with Crippen LogP contribution in [-0.2, 0) is 0 Å². The highest BCUT2D eigenvalue weighted by molar-refractivity contribution is 6.15. The molecule has 0 unspecified atom stereocenters. The maximum atomic E-state index is 6.32. The molecule has 0 aliphatic heterocycles. The molecule has 0 aliphatic carbocycles. The molecule has 0 aliphatic rings. The highest BCUT2D eigenvalue weighted by Crippen LogP contribution is 2.44. The quantitative estimate of drug-likeness (QED) is 0.175. The molecular formula is C48H31NO. The van der Waals surface area contributed by atoms with Crippen molar-refractivity contribution in [1.82, 2.24) is 0 Å². The van der Waals surface area contributed by atoms with E-state index in [0.29, 0.717) is 0 Å². The van der Waals surface area contributed by atoms with Crippen molar-refractivity contribution in [2.75, 3.05) is 4.90 Å². The van der Waals surface area contributed by atoms with Crippen LogP contribution in [0.5, 0.6) is 0 Å². The molecule has 0 saturated heterocycles. The Balaban J connectivity index is 1.16. The zero-order chi connectivity index (χ0) is 33.0. The first-order valence-corrected chi connectivity index (χ1v) is 17.1. The molecule has 0 fully saturated rings. The van der Waals surface area contributed by atoms with Crippen molar-refractivity contribution in [3.05, 3.63) is 188 Å². The Morgan fingerprint density at radius 1 is 0.340 bits per heavy atom. The van der Waals surface area contributed by atoms with Crippen LogP contribution in [-0.4, -0.2) is 0 Å². The number of furan rings is 1. The zero-order valence-corrected chi connectivity index (χ0v) is 27.3. The van der Waals surface area contributed by atoms with Gasteiger partial charge in [0, 0.05) is 27.7 Å². The second kappa shape index (κ2) is 11.5. The van der Waals surface area contributed by atoms with Crippen LogP contribution in [0.4, 0.5) is 17.1 Å². The van der Waals surface area contributed by atoms with E-state index in [-0.39, 0.29) is 0 Å². The summed E-state index contributed by atoms with van der Waals surface area (Å²) in [6.07, 6.45) is 0. The van der Waals surface area contributed by atoms with Gasteiger partial charge in [-0.3, -0.25) is 0 Å². The van der Waals surface area contributed by atoms with Gasteiger partial charge >= 0.3 is 0 Å². The number of rotatable bonds is 5. The third-order valence-electron chi connectivity index (χ3n) is 10.0. The summed E-state index contributed by atoms with van der Waals surface area (Å²) in [6.45, 7) is 0. The molecule has 2 nitrogen and oxygen atoms in total. The lowest BCUT2D eigenvalue weighted by Crippen LogP contribution is -2.10. The minimum atomic E-state index is 0.874. The Kier molecular flexibility index (Phi) is 6.53. The van der Waals surface area contributed by atoms with Crippen LogP contribution >= 0.6 is 0 Å². The van der Waals surface area contributed by atoms with Crippen molar-refractivity contribution in [3.63, 3.8) is 0 Å². The van der Waals surface area contributed by atoms with E-state index >= 15 is 0 Å². The Labute approximate surface area is 290 Å². The van der Waals surface area contributed by atoms with E-state index in [2.05, 4.69) is 181 Å². The molecule has 0 spiro atoms. The van der Waals surface area contributed by atoms with Crippen molar-refractivity contribution in [3.8, 4) is 22.5 Å². The number of para-hydroxylation sites is 1. The SMILES string of the molecule is c1ccc(-c2cc3ccccc3o2)c(-c2ccc(N(c3ccc4c(ccc5ccccc54)c3)c3cc4ccccc4c4ccccc34)cc2)c1. The molecule has 1 heterocycles. The molecule has 9 aromatic carbocycles. The number of anilines is 3. The smallest absolute Gasteiger partial charge is 0.136 e. The second-order valence-corrected chi connectivity index (χ2v) is 12.9. The third-order valence-corrected chi connectivity index (χ3v) is 10.0. The Morgan fingerprint density at radius 3 is 1.70 bits per heavy atom. The molecule has 0 bridgehead atoms. The fourth-order valence-electron chi connectivity index (χ4n) is 7.64. The summed E-state index contributed by atoms with van der Waals surface area (Å²) in [5, 5.41) is 11.0. The molecule has 1 aromatic heterocycles. The minimum Gasteiger partial charge on any atom is -0.456 e. The number of benzene rings is 9. The Morgan fingerprint density at radius 2 is 0.900 bits per heavy atom. The number of hydrogen-bond acceptors (Lipinski definition) is 2. The van der Waals surface area contributed by atoms with E-state index < -0.39 is 0 Å². The molecule has 2 heteroatoms. The maximum absolute atomic E-state index is 6.32. The second-order valence-electron chi connectivity index (χ2n) is 12.9. The summed E-state index contributed by atoms with van der Waals surface area (Å²) in [7, 11) is 0. The van der Waals surface area contributed by atoms with Gasteiger partial charge in [-0.1, -0.05) is 146 Å². The van der Waals surface area contributed by atoms with Crippen LogP contribution < -0.4 is 4.90 Å². The Bertz CT molecular complexity index is 2850. The van der Waals surface area contributed by atoms with Crippen LogP contribution in [0.2, 0.25) is 0 Å². The van der Waals surface area contributed by atoms with Gasteiger partial charge in [-0.25, -0.2) is 0 Å². The van der Waals surface area contributed by atoms with E-state index in [1.54, 1.807) is 0 Å². The predicted molar refractivity (Wildman–Crippen MR) is 212 cm³/mol. The molecular weight excluding hydrogens is 607 g/mol. The van der Waals surface area contributed by atoms with Gasteiger partial charge in [0.15, 0.2) is 0 Å². The summed E-state index contributed by atoms with van der Waals surface area (Å²) < 4.78 is 6.32. The summed E-state index contributed by atoms with van der Waals surface area (Å²) in [6, 6.07) is 67.6. The average Bonchev–Trinajstić information content (AvgIpc) is 3.63. The van der Waals surface area contributed by atoms with E-state index in [0.717, 1.165) is 50.5 Å². The maximum Gasteiger partial charge on any atom is 0.136 e. The van der Waals surface area contributed by atoms with Crippen LogP contribution in [0.3, 0.4) is 0 Å². The molecule has 0 atom stereocenters. The summed E-state index contributed by atoms with van der Waals surface area (Å²) in [5.74, 6) is 0.874. The van der Waals surface area contributed by atoms with Crippen LogP contribution in [0.15, 0.2) is 192 Å². The van der Waals surface area contributed by atoms with Crippen molar-refractivity contribution < 1.29 is 4.42 Å². The highest BCUT2D eigenvalue weighted by Gasteiger charge is 2.19. The molecule has 0 radical (unpaired) electrons. The van der Waals surface area contributed by atoms with Crippen molar-refractivity contribution in [2.45, 2.75) is 0 Å². The van der Waals surface area contributed by atoms with Gasteiger partial charge < -0.3 is 9.32 Å². The molecule has 10 aromatic rings. The topological polar surface area (TPSA) is 16.4 Å². The monoisotopic (exact) mass is 637 g/mol. The first kappa shape index (κ1) is 28.4. The summed E-state index contributed by atoms with van der Waals surface area (Å²) in [5.41, 5.74) is 7.61. The van der Waals surface area contributed by atoms with Gasteiger partial charge in [0.05, 0.1) is 5.69 Å². The van der Waals surface area contributed by atoms with E-state index in [9.17, 15) is 0 Å². The average molecular weight is 638 g/mol. The van der Waals surface area contributed by atoms with Crippen LogP contribution in [0, 0.1) is 0 Å². The fourth-order valence-corrected chi connectivity index (χ4v) is 7.64. The molecule has 10 rings (SSSR count). The van der Waals surface area contributed by atoms with E-state index in [1.165, 1.54) is 43.1 Å². The predicted octanol–water partition coefficient (Wildman–Crippen LogP) is 13.8. The van der Waals surface area contributed by atoms with Crippen LogP contribution in [0.25, 0.3) is 76.5 Å².